The molecule has 0 saturated heterocycles. The maximum absolute atomic E-state index is 11.9. The van der Waals surface area contributed by atoms with E-state index in [-0.39, 0.29) is 12.0 Å². The van der Waals surface area contributed by atoms with Gasteiger partial charge in [-0.05, 0) is 36.8 Å². The van der Waals surface area contributed by atoms with Gasteiger partial charge in [0.15, 0.2) is 0 Å². The van der Waals surface area contributed by atoms with Crippen LogP contribution in [-0.4, -0.2) is 22.8 Å². The molecule has 2 N–H and O–H groups in total. The summed E-state index contributed by atoms with van der Waals surface area (Å²) in [5.41, 5.74) is 1.25. The lowest BCUT2D eigenvalue weighted by Gasteiger charge is -2.34. The fourth-order valence-electron chi connectivity index (χ4n) is 3.62. The molecule has 0 heterocycles. The van der Waals surface area contributed by atoms with Gasteiger partial charge >= 0.3 is 5.97 Å². The van der Waals surface area contributed by atoms with Gasteiger partial charge in [0.25, 0.3) is 0 Å². The van der Waals surface area contributed by atoms with Crippen LogP contribution in [-0.2, 0) is 15.6 Å². The van der Waals surface area contributed by atoms with Crippen molar-refractivity contribution in [2.75, 3.05) is 6.61 Å². The lowest BCUT2D eigenvalue weighted by atomic mass is 9.69. The van der Waals surface area contributed by atoms with Gasteiger partial charge in [-0.15, -0.1) is 0 Å². The van der Waals surface area contributed by atoms with Gasteiger partial charge in [0.05, 0.1) is 12.0 Å². The van der Waals surface area contributed by atoms with E-state index < -0.39 is 11.4 Å². The SMILES string of the molecule is O=C(O)C1(c2cccc(C3(CO)CC3)c2)CCCCC1. The lowest BCUT2D eigenvalue weighted by molar-refractivity contribution is -0.145. The fraction of sp³-hybridized carbons (Fsp3) is 0.588. The number of carboxylic acids is 1. The average Bonchev–Trinajstić information content (AvgIpc) is 3.29. The number of aliphatic hydroxyl groups excluding tert-OH is 1. The molecule has 2 aliphatic rings. The van der Waals surface area contributed by atoms with Crippen molar-refractivity contribution in [1.82, 2.24) is 0 Å². The van der Waals surface area contributed by atoms with Gasteiger partial charge in [-0.2, -0.15) is 0 Å². The number of carboxylic acid groups (broad SMARTS) is 1. The summed E-state index contributed by atoms with van der Waals surface area (Å²) in [5, 5.41) is 19.3. The van der Waals surface area contributed by atoms with Crippen molar-refractivity contribution >= 4 is 5.97 Å². The highest BCUT2D eigenvalue weighted by Gasteiger charge is 2.46. The van der Waals surface area contributed by atoms with Crippen molar-refractivity contribution in [1.29, 1.82) is 0 Å². The van der Waals surface area contributed by atoms with Crippen molar-refractivity contribution in [3.05, 3.63) is 35.4 Å². The highest BCUT2D eigenvalue weighted by atomic mass is 16.4. The molecule has 0 bridgehead atoms. The highest BCUT2D eigenvalue weighted by molar-refractivity contribution is 5.81. The van der Waals surface area contributed by atoms with E-state index in [0.717, 1.165) is 56.1 Å². The quantitative estimate of drug-likeness (QED) is 0.887. The molecule has 3 rings (SSSR count). The molecule has 0 unspecified atom stereocenters. The highest BCUT2D eigenvalue weighted by Crippen LogP contribution is 2.49. The minimum atomic E-state index is -0.709. The number of hydrogen-bond acceptors (Lipinski definition) is 2. The van der Waals surface area contributed by atoms with Gasteiger partial charge in [-0.25, -0.2) is 0 Å². The van der Waals surface area contributed by atoms with E-state index in [0.29, 0.717) is 0 Å². The third-order valence-corrected chi connectivity index (χ3v) is 5.30. The predicted molar refractivity (Wildman–Crippen MR) is 76.8 cm³/mol. The molecule has 20 heavy (non-hydrogen) atoms. The Morgan fingerprint density at radius 3 is 2.25 bits per heavy atom. The average molecular weight is 274 g/mol. The molecule has 0 amide bonds. The summed E-state index contributed by atoms with van der Waals surface area (Å²) < 4.78 is 0. The molecule has 0 aliphatic heterocycles. The van der Waals surface area contributed by atoms with Gasteiger partial charge in [-0.1, -0.05) is 43.5 Å². The van der Waals surface area contributed by atoms with Crippen molar-refractivity contribution < 1.29 is 15.0 Å². The number of aliphatic carboxylic acids is 1. The summed E-state index contributed by atoms with van der Waals surface area (Å²) in [5.74, 6) is -0.691. The molecule has 1 aromatic rings. The summed E-state index contributed by atoms with van der Waals surface area (Å²) in [7, 11) is 0. The van der Waals surface area contributed by atoms with E-state index in [4.69, 9.17) is 0 Å². The van der Waals surface area contributed by atoms with E-state index in [2.05, 4.69) is 0 Å². The predicted octanol–water partition coefficient (Wildman–Crippen LogP) is 3.00. The van der Waals surface area contributed by atoms with Gasteiger partial charge < -0.3 is 10.2 Å². The molecule has 0 spiro atoms. The number of hydrogen-bond donors (Lipinski definition) is 2. The zero-order valence-corrected chi connectivity index (χ0v) is 11.8. The van der Waals surface area contributed by atoms with Crippen LogP contribution in [0.25, 0.3) is 0 Å². The molecule has 3 nitrogen and oxygen atoms in total. The van der Waals surface area contributed by atoms with Crippen LogP contribution < -0.4 is 0 Å². The van der Waals surface area contributed by atoms with Crippen molar-refractivity contribution in [3.8, 4) is 0 Å². The van der Waals surface area contributed by atoms with Crippen molar-refractivity contribution in [2.24, 2.45) is 0 Å². The number of rotatable bonds is 4. The zero-order chi connectivity index (χ0) is 14.2. The van der Waals surface area contributed by atoms with E-state index in [1.165, 1.54) is 0 Å². The number of benzene rings is 1. The molecule has 0 aromatic heterocycles. The molecule has 108 valence electrons. The zero-order valence-electron chi connectivity index (χ0n) is 11.8. The summed E-state index contributed by atoms with van der Waals surface area (Å²) in [6.45, 7) is 0.163. The maximum atomic E-state index is 11.9. The molecule has 1 aromatic carbocycles. The number of aliphatic hydroxyl groups is 1. The third kappa shape index (κ3) is 2.05. The molecular formula is C17H22O3. The third-order valence-electron chi connectivity index (χ3n) is 5.30. The van der Waals surface area contributed by atoms with Crippen LogP contribution in [0.1, 0.15) is 56.1 Å². The van der Waals surface area contributed by atoms with Crippen LogP contribution in [0, 0.1) is 0 Å². The Labute approximate surface area is 119 Å². The van der Waals surface area contributed by atoms with E-state index in [1.54, 1.807) is 0 Å². The van der Waals surface area contributed by atoms with Crippen LogP contribution in [0.2, 0.25) is 0 Å². The van der Waals surface area contributed by atoms with E-state index in [1.807, 2.05) is 24.3 Å². The van der Waals surface area contributed by atoms with Crippen LogP contribution in [0.3, 0.4) is 0 Å². The molecule has 0 atom stereocenters. The number of carbonyl (C=O) groups is 1. The van der Waals surface area contributed by atoms with E-state index >= 15 is 0 Å². The van der Waals surface area contributed by atoms with E-state index in [9.17, 15) is 15.0 Å². The smallest absolute Gasteiger partial charge is 0.314 e. The summed E-state index contributed by atoms with van der Waals surface area (Å²) in [6, 6.07) is 7.99. The first-order valence-electron chi connectivity index (χ1n) is 7.58. The Kier molecular flexibility index (Phi) is 3.33. The fourth-order valence-corrected chi connectivity index (χ4v) is 3.62. The molecule has 2 aliphatic carbocycles. The van der Waals surface area contributed by atoms with Gasteiger partial charge in [0, 0.05) is 5.41 Å². The minimum Gasteiger partial charge on any atom is -0.481 e. The Morgan fingerprint density at radius 1 is 1.05 bits per heavy atom. The van der Waals surface area contributed by atoms with Crippen LogP contribution in [0.4, 0.5) is 0 Å². The summed E-state index contributed by atoms with van der Waals surface area (Å²) in [6.07, 6.45) is 6.59. The Balaban J connectivity index is 2.00. The van der Waals surface area contributed by atoms with Crippen LogP contribution >= 0.6 is 0 Å². The second-order valence-corrected chi connectivity index (χ2v) is 6.47. The molecular weight excluding hydrogens is 252 g/mol. The minimum absolute atomic E-state index is 0.0929. The first-order chi connectivity index (χ1) is 9.63. The largest absolute Gasteiger partial charge is 0.481 e. The van der Waals surface area contributed by atoms with Crippen molar-refractivity contribution in [3.63, 3.8) is 0 Å². The second-order valence-electron chi connectivity index (χ2n) is 6.47. The Morgan fingerprint density at radius 2 is 1.70 bits per heavy atom. The molecule has 0 radical (unpaired) electrons. The first kappa shape index (κ1) is 13.6. The molecule has 3 heteroatoms. The summed E-state index contributed by atoms with van der Waals surface area (Å²) >= 11 is 0. The molecule has 2 saturated carbocycles. The monoisotopic (exact) mass is 274 g/mol. The van der Waals surface area contributed by atoms with Crippen LogP contribution in [0.15, 0.2) is 24.3 Å². The van der Waals surface area contributed by atoms with Crippen molar-refractivity contribution in [2.45, 2.75) is 55.8 Å². The maximum Gasteiger partial charge on any atom is 0.314 e. The topological polar surface area (TPSA) is 57.5 Å². The normalized spacial score (nSPS) is 23.2. The second kappa shape index (κ2) is 4.88. The van der Waals surface area contributed by atoms with Gasteiger partial charge in [-0.3, -0.25) is 4.79 Å². The van der Waals surface area contributed by atoms with Gasteiger partial charge in [0.1, 0.15) is 0 Å². The molecule has 2 fully saturated rings. The van der Waals surface area contributed by atoms with Gasteiger partial charge in [0.2, 0.25) is 0 Å². The van der Waals surface area contributed by atoms with Crippen LogP contribution in [0.5, 0.6) is 0 Å². The Hall–Kier alpha value is -1.35. The Bertz CT molecular complexity index is 511. The lowest BCUT2D eigenvalue weighted by Crippen LogP contribution is -2.38. The first-order valence-corrected chi connectivity index (χ1v) is 7.58. The standard InChI is InChI=1S/C17H22O3/c18-12-16(9-10-16)13-5-4-6-14(11-13)17(15(19)20)7-2-1-3-8-17/h4-6,11,18H,1-3,7-10,12H2,(H,19,20). The summed E-state index contributed by atoms with van der Waals surface area (Å²) in [4.78, 5) is 11.9.